The van der Waals surface area contributed by atoms with Gasteiger partial charge >= 0.3 is 0 Å². The van der Waals surface area contributed by atoms with Crippen LogP contribution in [0, 0.1) is 12.8 Å². The largest absolute Gasteiger partial charge is 0.358 e. The zero-order chi connectivity index (χ0) is 27.1. The lowest BCUT2D eigenvalue weighted by atomic mass is 9.93. The molecule has 0 spiro atoms. The van der Waals surface area contributed by atoms with E-state index in [1.54, 1.807) is 0 Å². The minimum atomic E-state index is 0.672. The Labute approximate surface area is 231 Å². The summed E-state index contributed by atoms with van der Waals surface area (Å²) in [5.74, 6) is 0.672. The van der Waals surface area contributed by atoms with Crippen molar-refractivity contribution >= 4 is 27.5 Å². The fraction of sp³-hybridized carbons (Fsp3) is 0.226. The summed E-state index contributed by atoms with van der Waals surface area (Å²) in [5, 5.41) is 16.8. The summed E-state index contributed by atoms with van der Waals surface area (Å²) < 4.78 is 2.05. The van der Waals surface area contributed by atoms with Crippen LogP contribution in [0.15, 0.2) is 79.8 Å². The van der Waals surface area contributed by atoms with Crippen LogP contribution in [-0.2, 0) is 0 Å². The number of pyridine rings is 2. The maximum atomic E-state index is 4.71. The van der Waals surface area contributed by atoms with E-state index in [9.17, 15) is 0 Å². The third-order valence-electron chi connectivity index (χ3n) is 7.68. The summed E-state index contributed by atoms with van der Waals surface area (Å²) in [7, 11) is 0. The first kappa shape index (κ1) is 24.3. The third-order valence-corrected chi connectivity index (χ3v) is 7.68. The molecule has 1 aliphatic heterocycles. The van der Waals surface area contributed by atoms with Gasteiger partial charge < -0.3 is 20.2 Å². The molecule has 1 fully saturated rings. The van der Waals surface area contributed by atoms with Crippen molar-refractivity contribution in [2.75, 3.05) is 18.4 Å². The molecule has 1 aliphatic rings. The molecule has 0 bridgehead atoms. The quantitative estimate of drug-likeness (QED) is 0.202. The number of piperidine rings is 1. The smallest absolute Gasteiger partial charge is 0.116 e. The highest BCUT2D eigenvalue weighted by Crippen LogP contribution is 2.33. The molecule has 200 valence electrons. The predicted molar refractivity (Wildman–Crippen MR) is 159 cm³/mol. The Hall–Kier alpha value is -4.76. The SMILES string of the molecule is C=C(CC1CCNCC1)Nc1cncc(-c2cc3c(-c4cc5c(-n6cnc(C)c6)cccc5[nH]4)n[nH]c3cn2)c1. The molecule has 0 unspecified atom stereocenters. The van der Waals surface area contributed by atoms with E-state index in [2.05, 4.69) is 77.3 Å². The highest BCUT2D eigenvalue weighted by molar-refractivity contribution is 5.98. The van der Waals surface area contributed by atoms with E-state index >= 15 is 0 Å². The maximum Gasteiger partial charge on any atom is 0.116 e. The van der Waals surface area contributed by atoms with Crippen LogP contribution in [0.1, 0.15) is 25.0 Å². The molecule has 0 atom stereocenters. The molecular formula is C31H31N9. The molecule has 6 aromatic rings. The van der Waals surface area contributed by atoms with Crippen molar-refractivity contribution in [2.45, 2.75) is 26.2 Å². The van der Waals surface area contributed by atoms with E-state index in [0.717, 1.165) is 86.7 Å². The summed E-state index contributed by atoms with van der Waals surface area (Å²) >= 11 is 0. The van der Waals surface area contributed by atoms with Gasteiger partial charge in [0.25, 0.3) is 0 Å². The lowest BCUT2D eigenvalue weighted by Crippen LogP contribution is -2.28. The molecule has 1 aromatic carbocycles. The van der Waals surface area contributed by atoms with Gasteiger partial charge in [-0.1, -0.05) is 12.6 Å². The van der Waals surface area contributed by atoms with E-state index < -0.39 is 0 Å². The number of aryl methyl sites for hydroxylation is 1. The Morgan fingerprint density at radius 2 is 1.95 bits per heavy atom. The molecular weight excluding hydrogens is 498 g/mol. The molecule has 6 heterocycles. The molecule has 4 N–H and O–H groups in total. The van der Waals surface area contributed by atoms with Crippen LogP contribution in [0.25, 0.3) is 50.1 Å². The molecule has 5 aromatic heterocycles. The van der Waals surface area contributed by atoms with Crippen LogP contribution < -0.4 is 10.6 Å². The predicted octanol–water partition coefficient (Wildman–Crippen LogP) is 5.98. The summed E-state index contributed by atoms with van der Waals surface area (Å²) in [5.41, 5.74) is 9.46. The van der Waals surface area contributed by atoms with Crippen molar-refractivity contribution in [3.63, 3.8) is 0 Å². The second-order valence-corrected chi connectivity index (χ2v) is 10.6. The van der Waals surface area contributed by atoms with Gasteiger partial charge in [0.1, 0.15) is 5.69 Å². The zero-order valence-corrected chi connectivity index (χ0v) is 22.4. The number of allylic oxidation sites excluding steroid dienone is 1. The van der Waals surface area contributed by atoms with Crippen LogP contribution in [0.5, 0.6) is 0 Å². The van der Waals surface area contributed by atoms with Crippen LogP contribution in [-0.4, -0.2) is 47.8 Å². The van der Waals surface area contributed by atoms with Gasteiger partial charge in [0.2, 0.25) is 0 Å². The standard InChI is InChI=1S/C31H31N9/c1-19(10-21-6-8-32-9-7-21)36-23-11-22(14-33-15-23)27-13-25-29(16-34-27)38-39-31(25)28-12-24-26(37-28)4-3-5-30(24)40-17-20(2)35-18-40/h3-5,11-18,21,32,36-37H,1,6-10H2,2H3,(H,38,39). The first-order chi connectivity index (χ1) is 19.6. The first-order valence-electron chi connectivity index (χ1n) is 13.7. The molecule has 40 heavy (non-hydrogen) atoms. The molecule has 1 saturated heterocycles. The van der Waals surface area contributed by atoms with Gasteiger partial charge in [-0.05, 0) is 75.5 Å². The van der Waals surface area contributed by atoms with Crippen molar-refractivity contribution in [1.82, 2.24) is 40.0 Å². The normalized spacial score (nSPS) is 14.2. The molecule has 0 radical (unpaired) electrons. The molecule has 0 aliphatic carbocycles. The number of anilines is 1. The minimum Gasteiger partial charge on any atom is -0.358 e. The summed E-state index contributed by atoms with van der Waals surface area (Å²) in [6.07, 6.45) is 12.7. The van der Waals surface area contributed by atoms with Crippen molar-refractivity contribution < 1.29 is 0 Å². The number of imidazole rings is 1. The van der Waals surface area contributed by atoms with Gasteiger partial charge in [0, 0.05) is 39.9 Å². The van der Waals surface area contributed by atoms with Crippen molar-refractivity contribution in [2.24, 2.45) is 5.92 Å². The number of nitrogens with zero attached hydrogens (tertiary/aromatic N) is 5. The van der Waals surface area contributed by atoms with Crippen LogP contribution in [0.4, 0.5) is 5.69 Å². The van der Waals surface area contributed by atoms with Crippen LogP contribution in [0.3, 0.4) is 0 Å². The van der Waals surface area contributed by atoms with Gasteiger partial charge in [0.15, 0.2) is 0 Å². The van der Waals surface area contributed by atoms with Gasteiger partial charge in [-0.2, -0.15) is 5.10 Å². The van der Waals surface area contributed by atoms with E-state index in [-0.39, 0.29) is 0 Å². The summed E-state index contributed by atoms with van der Waals surface area (Å²) in [6, 6.07) is 12.5. The fourth-order valence-corrected chi connectivity index (χ4v) is 5.66. The lowest BCUT2D eigenvalue weighted by molar-refractivity contribution is 0.373. The average Bonchev–Trinajstić information content (AvgIpc) is 3.71. The minimum absolute atomic E-state index is 0.672. The number of aromatic nitrogens is 7. The number of aromatic amines is 2. The number of hydrogen-bond donors (Lipinski definition) is 4. The van der Waals surface area contributed by atoms with Crippen LogP contribution in [0.2, 0.25) is 0 Å². The third kappa shape index (κ3) is 4.65. The lowest BCUT2D eigenvalue weighted by Gasteiger charge is -2.23. The summed E-state index contributed by atoms with van der Waals surface area (Å²) in [4.78, 5) is 17.1. The Bertz CT molecular complexity index is 1830. The van der Waals surface area contributed by atoms with Gasteiger partial charge in [-0.25, -0.2) is 4.98 Å². The maximum absolute atomic E-state index is 4.71. The Kier molecular flexibility index (Phi) is 6.13. The van der Waals surface area contributed by atoms with E-state index in [0.29, 0.717) is 5.92 Å². The van der Waals surface area contributed by atoms with Gasteiger partial charge in [-0.3, -0.25) is 15.1 Å². The van der Waals surface area contributed by atoms with Crippen LogP contribution >= 0.6 is 0 Å². The number of hydrogen-bond acceptors (Lipinski definition) is 6. The summed E-state index contributed by atoms with van der Waals surface area (Å²) in [6.45, 7) is 8.44. The number of benzene rings is 1. The highest BCUT2D eigenvalue weighted by Gasteiger charge is 2.16. The highest BCUT2D eigenvalue weighted by atomic mass is 15.1. The van der Waals surface area contributed by atoms with Gasteiger partial charge in [-0.15, -0.1) is 0 Å². The second kappa shape index (κ2) is 10.1. The van der Waals surface area contributed by atoms with Crippen molar-refractivity contribution in [1.29, 1.82) is 0 Å². The number of rotatable bonds is 7. The van der Waals surface area contributed by atoms with E-state index in [1.807, 2.05) is 44.1 Å². The number of nitrogens with one attached hydrogen (secondary N) is 4. The fourth-order valence-electron chi connectivity index (χ4n) is 5.66. The molecule has 0 amide bonds. The molecule has 9 nitrogen and oxygen atoms in total. The Balaban J connectivity index is 1.19. The van der Waals surface area contributed by atoms with Gasteiger partial charge in [0.05, 0.1) is 52.7 Å². The van der Waals surface area contributed by atoms with E-state index in [1.165, 1.54) is 12.8 Å². The Morgan fingerprint density at radius 3 is 2.80 bits per heavy atom. The van der Waals surface area contributed by atoms with Crippen molar-refractivity contribution in [3.8, 4) is 28.3 Å². The average molecular weight is 530 g/mol. The monoisotopic (exact) mass is 529 g/mol. The number of fused-ring (bicyclic) bond motifs is 2. The van der Waals surface area contributed by atoms with Crippen molar-refractivity contribution in [3.05, 3.63) is 85.5 Å². The molecule has 0 saturated carbocycles. The first-order valence-corrected chi connectivity index (χ1v) is 13.7. The van der Waals surface area contributed by atoms with E-state index in [4.69, 9.17) is 4.98 Å². The topological polar surface area (TPSA) is 112 Å². The molecule has 7 rings (SSSR count). The molecule has 9 heteroatoms. The number of H-pyrrole nitrogens is 2. The zero-order valence-electron chi connectivity index (χ0n) is 22.4. The Morgan fingerprint density at radius 1 is 1.05 bits per heavy atom. The second-order valence-electron chi connectivity index (χ2n) is 10.6.